The van der Waals surface area contributed by atoms with Crippen molar-refractivity contribution in [2.75, 3.05) is 52.6 Å². The van der Waals surface area contributed by atoms with E-state index in [1.54, 1.807) is 0 Å². The molecule has 6 nitrogen and oxygen atoms in total. The standard InChI is InChI=1S/C16H28N4O2S/c1-18-7-3-4-13(18)14(21)19-8-10-20(11-9-19)15(22)17-12-16(23-2)5-6-16/h13H,3-12H2,1-2H3,(H,17,22)/t13-/m1/s1. The van der Waals surface area contributed by atoms with E-state index in [1.165, 1.54) is 12.8 Å². The van der Waals surface area contributed by atoms with Crippen LogP contribution in [0.15, 0.2) is 0 Å². The van der Waals surface area contributed by atoms with Gasteiger partial charge in [-0.25, -0.2) is 4.79 Å². The topological polar surface area (TPSA) is 55.9 Å². The summed E-state index contributed by atoms with van der Waals surface area (Å²) in [5.41, 5.74) is 0. The molecule has 23 heavy (non-hydrogen) atoms. The first-order chi connectivity index (χ1) is 11.0. The Balaban J connectivity index is 1.42. The highest BCUT2D eigenvalue weighted by atomic mass is 32.2. The van der Waals surface area contributed by atoms with Crippen LogP contribution in [-0.4, -0.2) is 90.0 Å². The van der Waals surface area contributed by atoms with Crippen LogP contribution in [0.1, 0.15) is 25.7 Å². The first-order valence-electron chi connectivity index (χ1n) is 8.62. The molecule has 3 rings (SSSR count). The largest absolute Gasteiger partial charge is 0.338 e. The summed E-state index contributed by atoms with van der Waals surface area (Å²) in [5, 5.41) is 3.07. The number of likely N-dealkylation sites (tertiary alicyclic amines) is 1. The summed E-state index contributed by atoms with van der Waals surface area (Å²) in [6.07, 6.45) is 6.58. The molecule has 3 amide bonds. The Hall–Kier alpha value is -0.950. The highest BCUT2D eigenvalue weighted by Gasteiger charge is 2.42. The molecule has 1 atom stereocenters. The maximum atomic E-state index is 12.6. The summed E-state index contributed by atoms with van der Waals surface area (Å²) >= 11 is 1.85. The fourth-order valence-electron chi connectivity index (χ4n) is 3.50. The Labute approximate surface area is 142 Å². The van der Waals surface area contributed by atoms with Crippen LogP contribution in [0.4, 0.5) is 4.79 Å². The molecular formula is C16H28N4O2S. The monoisotopic (exact) mass is 340 g/mol. The summed E-state index contributed by atoms with van der Waals surface area (Å²) in [7, 11) is 2.03. The molecule has 0 bridgehead atoms. The highest BCUT2D eigenvalue weighted by molar-refractivity contribution is 8.00. The third-order valence-electron chi connectivity index (χ3n) is 5.49. The molecule has 0 radical (unpaired) electrons. The number of carbonyl (C=O) groups excluding carboxylic acids is 2. The molecular weight excluding hydrogens is 312 g/mol. The number of likely N-dealkylation sites (N-methyl/N-ethyl adjacent to an activating group) is 1. The van der Waals surface area contributed by atoms with Crippen LogP contribution in [0.2, 0.25) is 0 Å². The number of rotatable bonds is 4. The number of hydrogen-bond donors (Lipinski definition) is 1. The summed E-state index contributed by atoms with van der Waals surface area (Å²) in [5.74, 6) is 0.240. The van der Waals surface area contributed by atoms with Gasteiger partial charge in [0.25, 0.3) is 0 Å². The van der Waals surface area contributed by atoms with E-state index in [0.29, 0.717) is 30.9 Å². The lowest BCUT2D eigenvalue weighted by Crippen LogP contribution is -2.56. The number of thioether (sulfide) groups is 1. The smallest absolute Gasteiger partial charge is 0.317 e. The minimum atomic E-state index is 0.0235. The Kier molecular flexibility index (Phi) is 5.06. The van der Waals surface area contributed by atoms with E-state index in [2.05, 4.69) is 16.5 Å². The summed E-state index contributed by atoms with van der Waals surface area (Å²) in [6, 6.07) is 0.0714. The first-order valence-corrected chi connectivity index (χ1v) is 9.84. The number of urea groups is 1. The van der Waals surface area contributed by atoms with Gasteiger partial charge in [-0.1, -0.05) is 0 Å². The van der Waals surface area contributed by atoms with Crippen molar-refractivity contribution < 1.29 is 9.59 Å². The zero-order valence-corrected chi connectivity index (χ0v) is 15.0. The van der Waals surface area contributed by atoms with Gasteiger partial charge < -0.3 is 15.1 Å². The van der Waals surface area contributed by atoms with E-state index in [0.717, 1.165) is 25.9 Å². The number of carbonyl (C=O) groups is 2. The number of piperazine rings is 1. The van der Waals surface area contributed by atoms with E-state index in [9.17, 15) is 9.59 Å². The molecule has 2 heterocycles. The van der Waals surface area contributed by atoms with Crippen LogP contribution in [0, 0.1) is 0 Å². The Morgan fingerprint density at radius 2 is 1.78 bits per heavy atom. The van der Waals surface area contributed by atoms with Crippen LogP contribution in [0.25, 0.3) is 0 Å². The van der Waals surface area contributed by atoms with Gasteiger partial charge in [0.05, 0.1) is 6.04 Å². The molecule has 3 fully saturated rings. The zero-order chi connectivity index (χ0) is 16.4. The summed E-state index contributed by atoms with van der Waals surface area (Å²) in [4.78, 5) is 30.7. The van der Waals surface area contributed by atoms with Crippen LogP contribution >= 0.6 is 11.8 Å². The van der Waals surface area contributed by atoms with Gasteiger partial charge in [0.2, 0.25) is 5.91 Å². The van der Waals surface area contributed by atoms with Crippen LogP contribution in [0.5, 0.6) is 0 Å². The molecule has 0 unspecified atom stereocenters. The van der Waals surface area contributed by atoms with Gasteiger partial charge in [0.1, 0.15) is 0 Å². The van der Waals surface area contributed by atoms with Gasteiger partial charge in [-0.2, -0.15) is 11.8 Å². The van der Waals surface area contributed by atoms with Crippen molar-refractivity contribution in [2.24, 2.45) is 0 Å². The molecule has 0 aromatic rings. The molecule has 3 aliphatic rings. The third kappa shape index (κ3) is 3.76. The van der Waals surface area contributed by atoms with Crippen LogP contribution in [-0.2, 0) is 4.79 Å². The van der Waals surface area contributed by atoms with Gasteiger partial charge in [0.15, 0.2) is 0 Å². The molecule has 1 saturated carbocycles. The van der Waals surface area contributed by atoms with Crippen molar-refractivity contribution in [1.82, 2.24) is 20.0 Å². The third-order valence-corrected chi connectivity index (χ3v) is 6.91. The number of hydrogen-bond acceptors (Lipinski definition) is 4. The van der Waals surface area contributed by atoms with E-state index < -0.39 is 0 Å². The summed E-state index contributed by atoms with van der Waals surface area (Å²) in [6.45, 7) is 4.37. The van der Waals surface area contributed by atoms with Gasteiger partial charge in [-0.15, -0.1) is 0 Å². The van der Waals surface area contributed by atoms with E-state index >= 15 is 0 Å². The average molecular weight is 340 g/mol. The van der Waals surface area contributed by atoms with E-state index in [-0.39, 0.29) is 18.0 Å². The maximum absolute atomic E-state index is 12.6. The number of nitrogens with zero attached hydrogens (tertiary/aromatic N) is 3. The second kappa shape index (κ2) is 6.89. The van der Waals surface area contributed by atoms with Crippen molar-refractivity contribution >= 4 is 23.7 Å². The van der Waals surface area contributed by atoms with Gasteiger partial charge >= 0.3 is 6.03 Å². The number of nitrogens with one attached hydrogen (secondary N) is 1. The molecule has 2 aliphatic heterocycles. The van der Waals surface area contributed by atoms with Crippen molar-refractivity contribution in [2.45, 2.75) is 36.5 Å². The van der Waals surface area contributed by atoms with Crippen LogP contribution < -0.4 is 5.32 Å². The van der Waals surface area contributed by atoms with E-state index in [1.807, 2.05) is 28.6 Å². The second-order valence-electron chi connectivity index (χ2n) is 7.00. The molecule has 130 valence electrons. The molecule has 0 spiro atoms. The van der Waals surface area contributed by atoms with Crippen molar-refractivity contribution in [3.63, 3.8) is 0 Å². The minimum absolute atomic E-state index is 0.0235. The Morgan fingerprint density at radius 1 is 1.13 bits per heavy atom. The average Bonchev–Trinajstić information content (AvgIpc) is 3.25. The SMILES string of the molecule is CSC1(CNC(=O)N2CCN(C(=O)[C@H]3CCCN3C)CC2)CC1. The van der Waals surface area contributed by atoms with Crippen LogP contribution in [0.3, 0.4) is 0 Å². The van der Waals surface area contributed by atoms with Gasteiger partial charge in [0, 0.05) is 37.5 Å². The minimum Gasteiger partial charge on any atom is -0.338 e. The first kappa shape index (κ1) is 16.9. The highest BCUT2D eigenvalue weighted by Crippen LogP contribution is 2.46. The van der Waals surface area contributed by atoms with E-state index in [4.69, 9.17) is 0 Å². The molecule has 1 N–H and O–H groups in total. The lowest BCUT2D eigenvalue weighted by atomic mass is 10.2. The molecule has 1 aliphatic carbocycles. The number of amides is 3. The quantitative estimate of drug-likeness (QED) is 0.824. The Bertz CT molecular complexity index is 461. The fraction of sp³-hybridized carbons (Fsp3) is 0.875. The lowest BCUT2D eigenvalue weighted by molar-refractivity contribution is -0.137. The molecule has 0 aromatic heterocycles. The van der Waals surface area contributed by atoms with Crippen molar-refractivity contribution in [1.29, 1.82) is 0 Å². The van der Waals surface area contributed by atoms with Gasteiger partial charge in [-0.05, 0) is 45.5 Å². The molecule has 7 heteroatoms. The maximum Gasteiger partial charge on any atom is 0.317 e. The Morgan fingerprint density at radius 3 is 2.30 bits per heavy atom. The second-order valence-corrected chi connectivity index (χ2v) is 8.27. The predicted molar refractivity (Wildman–Crippen MR) is 92.7 cm³/mol. The fourth-order valence-corrected chi connectivity index (χ4v) is 4.23. The molecule has 2 saturated heterocycles. The zero-order valence-electron chi connectivity index (χ0n) is 14.2. The van der Waals surface area contributed by atoms with Crippen molar-refractivity contribution in [3.8, 4) is 0 Å². The summed E-state index contributed by atoms with van der Waals surface area (Å²) < 4.78 is 0.292. The lowest BCUT2D eigenvalue weighted by Gasteiger charge is -2.37. The normalized spacial score (nSPS) is 27.1. The van der Waals surface area contributed by atoms with Crippen molar-refractivity contribution in [3.05, 3.63) is 0 Å². The predicted octanol–water partition coefficient (Wildman–Crippen LogP) is 0.830. The van der Waals surface area contributed by atoms with Gasteiger partial charge in [-0.3, -0.25) is 9.69 Å². The molecule has 0 aromatic carbocycles.